The second-order valence-electron chi connectivity index (χ2n) is 7.08. The fourth-order valence-corrected chi connectivity index (χ4v) is 4.61. The molecule has 2 N–H and O–H groups in total. The molecule has 2 fully saturated rings. The lowest BCUT2D eigenvalue weighted by Crippen LogP contribution is -2.50. The molecule has 2 aliphatic rings. The van der Waals surface area contributed by atoms with E-state index in [1.807, 2.05) is 16.3 Å². The largest absolute Gasteiger partial charge is 0.481 e. The summed E-state index contributed by atoms with van der Waals surface area (Å²) < 4.78 is 0. The number of rotatable bonds is 5. The third-order valence-electron chi connectivity index (χ3n) is 5.34. The van der Waals surface area contributed by atoms with Gasteiger partial charge in [-0.15, -0.1) is 11.3 Å². The van der Waals surface area contributed by atoms with E-state index in [1.165, 1.54) is 11.3 Å². The number of piperidine rings is 2. The first-order chi connectivity index (χ1) is 12.6. The lowest BCUT2D eigenvalue weighted by Gasteiger charge is -2.41. The van der Waals surface area contributed by atoms with Crippen molar-refractivity contribution in [2.24, 2.45) is 5.92 Å². The molecule has 3 rings (SSSR count). The van der Waals surface area contributed by atoms with Crippen LogP contribution >= 0.6 is 11.3 Å². The van der Waals surface area contributed by atoms with Crippen LogP contribution in [0, 0.1) is 5.92 Å². The summed E-state index contributed by atoms with van der Waals surface area (Å²) >= 11 is 1.51. The number of carbonyl (C=O) groups excluding carboxylic acids is 1. The molecule has 1 aromatic heterocycles. The first kappa shape index (κ1) is 19.1. The van der Waals surface area contributed by atoms with Crippen LogP contribution in [0.3, 0.4) is 0 Å². The van der Waals surface area contributed by atoms with Crippen molar-refractivity contribution in [2.75, 3.05) is 26.2 Å². The summed E-state index contributed by atoms with van der Waals surface area (Å²) in [5.74, 6) is -0.921. The molecule has 7 heteroatoms. The molecule has 142 valence electrons. The number of aliphatic hydroxyl groups is 1. The molecule has 1 aromatic rings. The van der Waals surface area contributed by atoms with Gasteiger partial charge in [0.05, 0.1) is 12.5 Å². The van der Waals surface area contributed by atoms with E-state index in [1.54, 1.807) is 12.2 Å². The normalized spacial score (nSPS) is 22.8. The third-order valence-corrected chi connectivity index (χ3v) is 6.29. The number of hydrogen-bond donors (Lipinski definition) is 2. The van der Waals surface area contributed by atoms with Gasteiger partial charge in [-0.1, -0.05) is 0 Å². The Labute approximate surface area is 157 Å². The summed E-state index contributed by atoms with van der Waals surface area (Å²) in [4.78, 5) is 28.7. The fourth-order valence-electron chi connectivity index (χ4n) is 3.81. The minimum absolute atomic E-state index is 0.0180. The van der Waals surface area contributed by atoms with Crippen molar-refractivity contribution in [3.05, 3.63) is 28.0 Å². The summed E-state index contributed by atoms with van der Waals surface area (Å²) in [5, 5.41) is 20.2. The zero-order chi connectivity index (χ0) is 18.5. The third kappa shape index (κ3) is 4.72. The van der Waals surface area contributed by atoms with Crippen molar-refractivity contribution < 1.29 is 19.8 Å². The Balaban J connectivity index is 1.48. The topological polar surface area (TPSA) is 81.1 Å². The highest BCUT2D eigenvalue weighted by Gasteiger charge is 2.32. The number of amides is 1. The van der Waals surface area contributed by atoms with E-state index < -0.39 is 5.97 Å². The number of carboxylic acid groups (broad SMARTS) is 1. The van der Waals surface area contributed by atoms with Crippen LogP contribution in [0.1, 0.15) is 36.1 Å². The van der Waals surface area contributed by atoms with Crippen LogP contribution in [0.2, 0.25) is 0 Å². The van der Waals surface area contributed by atoms with Crippen LogP contribution in [0.5, 0.6) is 0 Å². The van der Waals surface area contributed by atoms with E-state index in [9.17, 15) is 14.7 Å². The molecular weight excluding hydrogens is 352 g/mol. The van der Waals surface area contributed by atoms with Crippen LogP contribution in [0.25, 0.3) is 6.08 Å². The number of aliphatic carboxylic acids is 1. The standard InChI is InChI=1S/C19H26N2O4S/c22-12-14-10-17(26-13-14)3-4-18(23)20-8-5-16(6-9-20)21-7-1-2-15(11-21)19(24)25/h3-4,10,13,15-16,22H,1-2,5-9,11-12H2,(H,24,25)/b4-3+. The van der Waals surface area contributed by atoms with Crippen LogP contribution in [0.4, 0.5) is 0 Å². The molecule has 1 unspecified atom stereocenters. The molecule has 1 atom stereocenters. The Morgan fingerprint density at radius 2 is 2.00 bits per heavy atom. The molecule has 2 saturated heterocycles. The van der Waals surface area contributed by atoms with Gasteiger partial charge < -0.3 is 15.1 Å². The maximum absolute atomic E-state index is 12.4. The Hall–Kier alpha value is -1.70. The maximum atomic E-state index is 12.4. The maximum Gasteiger partial charge on any atom is 0.307 e. The zero-order valence-electron chi connectivity index (χ0n) is 14.8. The van der Waals surface area contributed by atoms with E-state index in [0.717, 1.165) is 42.7 Å². The van der Waals surface area contributed by atoms with Crippen molar-refractivity contribution in [1.82, 2.24) is 9.80 Å². The number of carbonyl (C=O) groups is 2. The summed E-state index contributed by atoms with van der Waals surface area (Å²) in [6, 6.07) is 2.27. The van der Waals surface area contributed by atoms with Crippen molar-refractivity contribution in [3.63, 3.8) is 0 Å². The lowest BCUT2D eigenvalue weighted by molar-refractivity contribution is -0.144. The minimum atomic E-state index is -0.689. The number of nitrogens with zero attached hydrogens (tertiary/aromatic N) is 2. The summed E-state index contributed by atoms with van der Waals surface area (Å²) in [6.07, 6.45) is 6.93. The number of aliphatic hydroxyl groups excluding tert-OH is 1. The van der Waals surface area contributed by atoms with Crippen LogP contribution < -0.4 is 0 Å². The molecular formula is C19H26N2O4S. The van der Waals surface area contributed by atoms with Gasteiger partial charge in [0.1, 0.15) is 0 Å². The molecule has 0 aromatic carbocycles. The van der Waals surface area contributed by atoms with E-state index in [2.05, 4.69) is 4.90 Å². The zero-order valence-corrected chi connectivity index (χ0v) is 15.7. The van der Waals surface area contributed by atoms with Gasteiger partial charge >= 0.3 is 5.97 Å². The highest BCUT2D eigenvalue weighted by molar-refractivity contribution is 7.11. The molecule has 1 amide bonds. The van der Waals surface area contributed by atoms with E-state index in [4.69, 9.17) is 5.11 Å². The number of hydrogen-bond acceptors (Lipinski definition) is 5. The van der Waals surface area contributed by atoms with Gasteiger partial charge in [0, 0.05) is 36.6 Å². The Morgan fingerprint density at radius 1 is 1.23 bits per heavy atom. The number of likely N-dealkylation sites (tertiary alicyclic amines) is 2. The lowest BCUT2D eigenvalue weighted by atomic mass is 9.94. The van der Waals surface area contributed by atoms with Crippen molar-refractivity contribution in [3.8, 4) is 0 Å². The second kappa shape index (κ2) is 8.79. The Morgan fingerprint density at radius 3 is 2.65 bits per heavy atom. The second-order valence-corrected chi connectivity index (χ2v) is 8.02. The van der Waals surface area contributed by atoms with Crippen LogP contribution in [-0.4, -0.2) is 64.1 Å². The van der Waals surface area contributed by atoms with Gasteiger partial charge in [0.25, 0.3) is 0 Å². The summed E-state index contributed by atoms with van der Waals surface area (Å²) in [7, 11) is 0. The van der Waals surface area contributed by atoms with Gasteiger partial charge in [-0.25, -0.2) is 0 Å². The smallest absolute Gasteiger partial charge is 0.307 e. The molecule has 0 saturated carbocycles. The van der Waals surface area contributed by atoms with E-state index >= 15 is 0 Å². The molecule has 3 heterocycles. The van der Waals surface area contributed by atoms with Gasteiger partial charge in [-0.05, 0) is 55.3 Å². The minimum Gasteiger partial charge on any atom is -0.481 e. The molecule has 2 aliphatic heterocycles. The number of thiophene rings is 1. The van der Waals surface area contributed by atoms with E-state index in [0.29, 0.717) is 25.7 Å². The van der Waals surface area contributed by atoms with Crippen molar-refractivity contribution in [2.45, 2.75) is 38.3 Å². The monoisotopic (exact) mass is 378 g/mol. The SMILES string of the molecule is O=C(O)C1CCCN(C2CCN(C(=O)/C=C/c3cc(CO)cs3)CC2)C1. The van der Waals surface area contributed by atoms with Crippen LogP contribution in [0.15, 0.2) is 17.5 Å². The average Bonchev–Trinajstić information content (AvgIpc) is 3.14. The van der Waals surface area contributed by atoms with Gasteiger partial charge in [-0.3, -0.25) is 14.5 Å². The predicted octanol–water partition coefficient (Wildman–Crippen LogP) is 2.04. The molecule has 0 radical (unpaired) electrons. The quantitative estimate of drug-likeness (QED) is 0.767. The molecule has 0 spiro atoms. The highest BCUT2D eigenvalue weighted by atomic mass is 32.1. The van der Waals surface area contributed by atoms with E-state index in [-0.39, 0.29) is 18.4 Å². The molecule has 26 heavy (non-hydrogen) atoms. The number of carboxylic acids is 1. The first-order valence-corrected chi connectivity index (χ1v) is 10.1. The molecule has 0 aliphatic carbocycles. The summed E-state index contributed by atoms with van der Waals surface area (Å²) in [5.41, 5.74) is 0.865. The van der Waals surface area contributed by atoms with Crippen molar-refractivity contribution >= 4 is 29.3 Å². The summed E-state index contributed by atoms with van der Waals surface area (Å²) in [6.45, 7) is 3.06. The predicted molar refractivity (Wildman–Crippen MR) is 101 cm³/mol. The molecule has 0 bridgehead atoms. The van der Waals surface area contributed by atoms with Gasteiger partial charge in [-0.2, -0.15) is 0 Å². The Bertz CT molecular complexity index is 664. The average molecular weight is 378 g/mol. The molecule has 6 nitrogen and oxygen atoms in total. The Kier molecular flexibility index (Phi) is 6.45. The highest BCUT2D eigenvalue weighted by Crippen LogP contribution is 2.24. The van der Waals surface area contributed by atoms with Gasteiger partial charge in [0.15, 0.2) is 0 Å². The first-order valence-electron chi connectivity index (χ1n) is 9.19. The van der Waals surface area contributed by atoms with Crippen LogP contribution in [-0.2, 0) is 16.2 Å². The van der Waals surface area contributed by atoms with Gasteiger partial charge in [0.2, 0.25) is 5.91 Å². The van der Waals surface area contributed by atoms with Crippen molar-refractivity contribution in [1.29, 1.82) is 0 Å². The fraction of sp³-hybridized carbons (Fsp3) is 0.579.